The molecule has 1 aliphatic rings. The third-order valence-electron chi connectivity index (χ3n) is 3.03. The van der Waals surface area contributed by atoms with Crippen molar-refractivity contribution < 1.29 is 4.84 Å². The van der Waals surface area contributed by atoms with Gasteiger partial charge in [0, 0.05) is 18.9 Å². The Hall–Kier alpha value is -1.65. The molecule has 0 saturated carbocycles. The highest BCUT2D eigenvalue weighted by molar-refractivity contribution is 5.13. The van der Waals surface area contributed by atoms with Gasteiger partial charge in [-0.3, -0.25) is 4.84 Å². The van der Waals surface area contributed by atoms with Crippen LogP contribution in [0.15, 0.2) is 42.7 Å². The number of rotatable bonds is 4. The fourth-order valence-electron chi connectivity index (χ4n) is 2.13. The van der Waals surface area contributed by atoms with E-state index in [2.05, 4.69) is 27.2 Å². The van der Waals surface area contributed by atoms with Gasteiger partial charge in [0.25, 0.3) is 0 Å². The third kappa shape index (κ3) is 2.23. The zero-order valence-corrected chi connectivity index (χ0v) is 9.54. The van der Waals surface area contributed by atoms with Crippen LogP contribution in [0.25, 0.3) is 0 Å². The standard InChI is InChI=1S/C13H15N3O/c1-2-4-11(5-3-1)10-17-15-12-6-8-16-9-7-14-13(12)16/h1-5,7,9,12,15H,6,8,10H2. The molecule has 2 heterocycles. The summed E-state index contributed by atoms with van der Waals surface area (Å²) in [5, 5.41) is 0. The van der Waals surface area contributed by atoms with Gasteiger partial charge in [-0.15, -0.1) is 0 Å². The van der Waals surface area contributed by atoms with E-state index in [0.717, 1.165) is 18.8 Å². The zero-order chi connectivity index (χ0) is 11.5. The average Bonchev–Trinajstić information content (AvgIpc) is 2.95. The predicted molar refractivity (Wildman–Crippen MR) is 64.0 cm³/mol. The van der Waals surface area contributed by atoms with E-state index >= 15 is 0 Å². The van der Waals surface area contributed by atoms with E-state index in [1.165, 1.54) is 5.56 Å². The van der Waals surface area contributed by atoms with Crippen LogP contribution in [-0.4, -0.2) is 9.55 Å². The van der Waals surface area contributed by atoms with Crippen molar-refractivity contribution in [2.24, 2.45) is 0 Å². The molecule has 0 spiro atoms. The maximum absolute atomic E-state index is 5.53. The normalized spacial score (nSPS) is 18.2. The summed E-state index contributed by atoms with van der Waals surface area (Å²) >= 11 is 0. The Morgan fingerprint density at radius 3 is 3.12 bits per heavy atom. The minimum atomic E-state index is 0.216. The van der Waals surface area contributed by atoms with Gasteiger partial charge < -0.3 is 4.57 Å². The van der Waals surface area contributed by atoms with Gasteiger partial charge >= 0.3 is 0 Å². The Labute approximate surface area is 100 Å². The Bertz CT molecular complexity index is 480. The van der Waals surface area contributed by atoms with Crippen LogP contribution in [-0.2, 0) is 18.0 Å². The van der Waals surface area contributed by atoms with Crippen molar-refractivity contribution in [3.8, 4) is 0 Å². The molecule has 4 nitrogen and oxygen atoms in total. The predicted octanol–water partition coefficient (Wildman–Crippen LogP) is 2.05. The minimum Gasteiger partial charge on any atom is -0.333 e. The number of aromatic nitrogens is 2. The lowest BCUT2D eigenvalue weighted by molar-refractivity contribution is 0.00245. The van der Waals surface area contributed by atoms with Crippen LogP contribution in [0.1, 0.15) is 23.9 Å². The van der Waals surface area contributed by atoms with Crippen molar-refractivity contribution in [3.05, 3.63) is 54.1 Å². The molecule has 88 valence electrons. The van der Waals surface area contributed by atoms with Crippen LogP contribution in [0.3, 0.4) is 0 Å². The molecule has 1 N–H and O–H groups in total. The number of fused-ring (bicyclic) bond motifs is 1. The Balaban J connectivity index is 1.53. The Kier molecular flexibility index (Phi) is 2.90. The number of hydroxylamine groups is 1. The summed E-state index contributed by atoms with van der Waals surface area (Å²) in [5.41, 5.74) is 4.26. The monoisotopic (exact) mass is 229 g/mol. The molecule has 3 rings (SSSR count). The topological polar surface area (TPSA) is 39.1 Å². The molecule has 0 amide bonds. The number of imidazole rings is 1. The van der Waals surface area contributed by atoms with Gasteiger partial charge in [0.15, 0.2) is 0 Å². The van der Waals surface area contributed by atoms with Gasteiger partial charge in [-0.1, -0.05) is 30.3 Å². The van der Waals surface area contributed by atoms with Gasteiger partial charge in [-0.25, -0.2) is 4.98 Å². The van der Waals surface area contributed by atoms with E-state index in [1.54, 1.807) is 0 Å². The molecule has 4 heteroatoms. The maximum atomic E-state index is 5.53. The summed E-state index contributed by atoms with van der Waals surface area (Å²) in [5.74, 6) is 1.07. The van der Waals surface area contributed by atoms with Crippen molar-refractivity contribution in [2.45, 2.75) is 25.6 Å². The molecule has 1 aromatic carbocycles. The lowest BCUT2D eigenvalue weighted by Gasteiger charge is -2.11. The third-order valence-corrected chi connectivity index (χ3v) is 3.03. The van der Waals surface area contributed by atoms with Crippen LogP contribution >= 0.6 is 0 Å². The first-order chi connectivity index (χ1) is 8.43. The number of nitrogens with zero attached hydrogens (tertiary/aromatic N) is 2. The van der Waals surface area contributed by atoms with Crippen molar-refractivity contribution in [1.82, 2.24) is 15.0 Å². The smallest absolute Gasteiger partial charge is 0.128 e. The molecule has 1 unspecified atom stereocenters. The molecule has 1 atom stereocenters. The molecule has 1 aromatic heterocycles. The van der Waals surface area contributed by atoms with Gasteiger partial charge in [-0.2, -0.15) is 5.48 Å². The van der Waals surface area contributed by atoms with E-state index < -0.39 is 0 Å². The number of hydrogen-bond acceptors (Lipinski definition) is 3. The average molecular weight is 229 g/mol. The second kappa shape index (κ2) is 4.69. The molecule has 0 radical (unpaired) electrons. The van der Waals surface area contributed by atoms with E-state index in [4.69, 9.17) is 4.84 Å². The van der Waals surface area contributed by atoms with E-state index in [-0.39, 0.29) is 6.04 Å². The van der Waals surface area contributed by atoms with Crippen LogP contribution in [0, 0.1) is 0 Å². The molecular weight excluding hydrogens is 214 g/mol. The molecule has 0 fully saturated rings. The zero-order valence-electron chi connectivity index (χ0n) is 9.54. The van der Waals surface area contributed by atoms with Crippen molar-refractivity contribution >= 4 is 0 Å². The summed E-state index contributed by atoms with van der Waals surface area (Å²) in [6.45, 7) is 1.60. The highest BCUT2D eigenvalue weighted by Crippen LogP contribution is 2.23. The van der Waals surface area contributed by atoms with E-state index in [0.29, 0.717) is 6.61 Å². The largest absolute Gasteiger partial charge is 0.333 e. The van der Waals surface area contributed by atoms with Crippen LogP contribution < -0.4 is 5.48 Å². The van der Waals surface area contributed by atoms with Gasteiger partial charge in [0.1, 0.15) is 5.82 Å². The molecule has 2 aromatic rings. The van der Waals surface area contributed by atoms with Gasteiger partial charge in [-0.05, 0) is 12.0 Å². The molecule has 1 aliphatic heterocycles. The number of aryl methyl sites for hydroxylation is 1. The van der Waals surface area contributed by atoms with Crippen LogP contribution in [0.5, 0.6) is 0 Å². The SMILES string of the molecule is c1ccc(CONC2CCn3ccnc32)cc1. The number of benzene rings is 1. The molecular formula is C13H15N3O. The Morgan fingerprint density at radius 1 is 1.35 bits per heavy atom. The van der Waals surface area contributed by atoms with Crippen LogP contribution in [0.2, 0.25) is 0 Å². The molecule has 0 bridgehead atoms. The van der Waals surface area contributed by atoms with Crippen molar-refractivity contribution in [2.75, 3.05) is 0 Å². The van der Waals surface area contributed by atoms with Crippen LogP contribution in [0.4, 0.5) is 0 Å². The summed E-state index contributed by atoms with van der Waals surface area (Å²) in [7, 11) is 0. The van der Waals surface area contributed by atoms with E-state index in [1.807, 2.05) is 30.6 Å². The summed E-state index contributed by atoms with van der Waals surface area (Å²) in [6.07, 6.45) is 4.88. The fraction of sp³-hybridized carbons (Fsp3) is 0.308. The summed E-state index contributed by atoms with van der Waals surface area (Å²) < 4.78 is 2.16. The van der Waals surface area contributed by atoms with Crippen molar-refractivity contribution in [3.63, 3.8) is 0 Å². The summed E-state index contributed by atoms with van der Waals surface area (Å²) in [4.78, 5) is 9.85. The maximum Gasteiger partial charge on any atom is 0.128 e. The highest BCUT2D eigenvalue weighted by Gasteiger charge is 2.23. The first-order valence-electron chi connectivity index (χ1n) is 5.86. The first kappa shape index (κ1) is 10.5. The quantitative estimate of drug-likeness (QED) is 0.815. The van der Waals surface area contributed by atoms with Gasteiger partial charge in [0.05, 0.1) is 12.6 Å². The second-order valence-electron chi connectivity index (χ2n) is 4.21. The summed E-state index contributed by atoms with van der Waals surface area (Å²) in [6, 6.07) is 10.4. The second-order valence-corrected chi connectivity index (χ2v) is 4.21. The Morgan fingerprint density at radius 2 is 2.24 bits per heavy atom. The fourth-order valence-corrected chi connectivity index (χ4v) is 2.13. The molecule has 0 saturated heterocycles. The van der Waals surface area contributed by atoms with E-state index in [9.17, 15) is 0 Å². The lowest BCUT2D eigenvalue weighted by atomic mass is 10.2. The molecule has 17 heavy (non-hydrogen) atoms. The van der Waals surface area contributed by atoms with Gasteiger partial charge in [0.2, 0.25) is 0 Å². The highest BCUT2D eigenvalue weighted by atomic mass is 16.6. The lowest BCUT2D eigenvalue weighted by Crippen LogP contribution is -2.20. The van der Waals surface area contributed by atoms with Crippen molar-refractivity contribution in [1.29, 1.82) is 0 Å². The number of hydrogen-bond donors (Lipinski definition) is 1. The first-order valence-corrected chi connectivity index (χ1v) is 5.86. The minimum absolute atomic E-state index is 0.216. The molecule has 0 aliphatic carbocycles. The number of nitrogens with one attached hydrogen (secondary N) is 1.